The second-order valence-corrected chi connectivity index (χ2v) is 8.39. The summed E-state index contributed by atoms with van der Waals surface area (Å²) < 4.78 is 16.8. The predicted octanol–water partition coefficient (Wildman–Crippen LogP) is 5.05. The number of phenols is 1. The van der Waals surface area contributed by atoms with Gasteiger partial charge in [0.25, 0.3) is 0 Å². The van der Waals surface area contributed by atoms with E-state index in [2.05, 4.69) is 10.5 Å². The summed E-state index contributed by atoms with van der Waals surface area (Å²) in [5, 5.41) is 17.9. The molecule has 7 heteroatoms. The lowest BCUT2D eigenvalue weighted by molar-refractivity contribution is -0.116. The Kier molecular flexibility index (Phi) is 5.32. The van der Waals surface area contributed by atoms with Crippen LogP contribution in [-0.2, 0) is 4.79 Å². The van der Waals surface area contributed by atoms with Crippen LogP contribution in [0.15, 0.2) is 58.3 Å². The van der Waals surface area contributed by atoms with Crippen molar-refractivity contribution in [2.24, 2.45) is 0 Å². The number of benzene rings is 2. The van der Waals surface area contributed by atoms with E-state index in [0.29, 0.717) is 42.4 Å². The molecular weight excluding hydrogens is 420 g/mol. The number of methoxy groups -OCH3 is 1. The fourth-order valence-corrected chi connectivity index (χ4v) is 5.00. The minimum absolute atomic E-state index is 0.0435. The van der Waals surface area contributed by atoms with Crippen molar-refractivity contribution >= 4 is 11.7 Å². The quantitative estimate of drug-likeness (QED) is 0.566. The molecule has 0 saturated carbocycles. The van der Waals surface area contributed by atoms with Crippen LogP contribution in [0.5, 0.6) is 17.2 Å². The highest BCUT2D eigenvalue weighted by Crippen LogP contribution is 2.50. The maximum atomic E-state index is 13.6. The first-order valence-corrected chi connectivity index (χ1v) is 11.1. The lowest BCUT2D eigenvalue weighted by Gasteiger charge is -2.34. The van der Waals surface area contributed by atoms with Crippen molar-refractivity contribution in [2.45, 2.75) is 38.5 Å². The molecule has 5 rings (SSSR count). The second kappa shape index (κ2) is 8.31. The van der Waals surface area contributed by atoms with Gasteiger partial charge in [0.05, 0.1) is 25.0 Å². The van der Waals surface area contributed by atoms with E-state index in [-0.39, 0.29) is 23.4 Å². The van der Waals surface area contributed by atoms with E-state index in [9.17, 15) is 9.90 Å². The zero-order valence-corrected chi connectivity index (χ0v) is 18.8. The number of rotatable bonds is 5. The molecule has 2 aromatic carbocycles. The van der Waals surface area contributed by atoms with Crippen LogP contribution in [-0.4, -0.2) is 29.8 Å². The molecule has 7 nitrogen and oxygen atoms in total. The van der Waals surface area contributed by atoms with Crippen LogP contribution < -0.4 is 14.8 Å². The number of Topliss-reactive ketones (excluding diaryl/α,β-unsaturated/α-hetero) is 1. The molecule has 0 amide bonds. The molecule has 2 heterocycles. The van der Waals surface area contributed by atoms with Gasteiger partial charge < -0.3 is 24.4 Å². The Hall–Kier alpha value is -3.74. The Bertz CT molecular complexity index is 1260. The zero-order chi connectivity index (χ0) is 23.1. The van der Waals surface area contributed by atoms with Crippen molar-refractivity contribution in [1.29, 1.82) is 0 Å². The summed E-state index contributed by atoms with van der Waals surface area (Å²) >= 11 is 0. The number of ketones is 1. The monoisotopic (exact) mass is 446 g/mol. The number of allylic oxidation sites excluding steroid dienone is 2. The third-order valence-corrected chi connectivity index (χ3v) is 6.46. The largest absolute Gasteiger partial charge is 0.508 e. The molecule has 2 aliphatic rings. The summed E-state index contributed by atoms with van der Waals surface area (Å²) in [6.45, 7) is 4.30. The van der Waals surface area contributed by atoms with Crippen LogP contribution in [0.2, 0.25) is 0 Å². The molecule has 0 radical (unpaired) electrons. The summed E-state index contributed by atoms with van der Waals surface area (Å²) in [6, 6.07) is 13.0. The van der Waals surface area contributed by atoms with Gasteiger partial charge in [-0.1, -0.05) is 29.4 Å². The molecule has 0 spiro atoms. The highest BCUT2D eigenvalue weighted by atomic mass is 16.5. The molecule has 3 aromatic rings. The number of ether oxygens (including phenoxy) is 2. The Morgan fingerprint density at radius 1 is 1.18 bits per heavy atom. The number of aryl methyl sites for hydroxylation is 1. The molecule has 170 valence electrons. The predicted molar refractivity (Wildman–Crippen MR) is 123 cm³/mol. The number of phenolic OH excluding ortho intramolecular Hbond substituents is 1. The van der Waals surface area contributed by atoms with Crippen LogP contribution >= 0.6 is 0 Å². The minimum Gasteiger partial charge on any atom is -0.508 e. The third-order valence-electron chi connectivity index (χ3n) is 6.46. The molecule has 1 aliphatic heterocycles. The number of carbonyl (C=O) groups is 1. The van der Waals surface area contributed by atoms with E-state index in [1.54, 1.807) is 19.2 Å². The molecular formula is C26H26N2O5. The van der Waals surface area contributed by atoms with Gasteiger partial charge in [-0.15, -0.1) is 0 Å². The number of fused-ring (bicyclic) bond motifs is 1. The van der Waals surface area contributed by atoms with Crippen LogP contribution in [0.25, 0.3) is 0 Å². The number of hydrogen-bond acceptors (Lipinski definition) is 7. The van der Waals surface area contributed by atoms with Crippen molar-refractivity contribution in [3.8, 4) is 17.2 Å². The molecule has 1 aromatic heterocycles. The van der Waals surface area contributed by atoms with Crippen molar-refractivity contribution in [3.63, 3.8) is 0 Å². The standard InChI is InChI=1S/C26H26N2O5/c1-4-32-22-13-15(9-10-21(22)31-3)24-23-14(2)28-33-26(23)27-18-11-16(12-20(30)25(18)24)17-7-5-6-8-19(17)29/h5-10,13,16,24,27,29H,4,11-12H2,1-3H3. The van der Waals surface area contributed by atoms with Gasteiger partial charge >= 0.3 is 0 Å². The first-order chi connectivity index (χ1) is 16.0. The van der Waals surface area contributed by atoms with Crippen molar-refractivity contribution in [3.05, 3.63) is 76.1 Å². The Labute approximate surface area is 192 Å². The van der Waals surface area contributed by atoms with Gasteiger partial charge in [-0.2, -0.15) is 0 Å². The van der Waals surface area contributed by atoms with Crippen LogP contribution in [0.1, 0.15) is 54.0 Å². The lowest BCUT2D eigenvalue weighted by Crippen LogP contribution is -2.29. The van der Waals surface area contributed by atoms with Crippen molar-refractivity contribution < 1.29 is 23.9 Å². The molecule has 0 bridgehead atoms. The number of aromatic hydroxyl groups is 1. The SMILES string of the molecule is CCOc1cc(C2C3=C(CC(c4ccccc4O)CC3=O)Nc3onc(C)c32)ccc1OC. The Balaban J connectivity index is 1.63. The van der Waals surface area contributed by atoms with Gasteiger partial charge in [0.1, 0.15) is 5.75 Å². The summed E-state index contributed by atoms with van der Waals surface area (Å²) in [5.74, 6) is 1.62. The molecule has 2 N–H and O–H groups in total. The number of hydrogen-bond donors (Lipinski definition) is 2. The maximum absolute atomic E-state index is 13.6. The van der Waals surface area contributed by atoms with Crippen LogP contribution in [0.3, 0.4) is 0 Å². The normalized spacial score (nSPS) is 19.5. The third kappa shape index (κ3) is 3.53. The van der Waals surface area contributed by atoms with Crippen molar-refractivity contribution in [1.82, 2.24) is 5.16 Å². The van der Waals surface area contributed by atoms with E-state index in [1.807, 2.05) is 44.2 Å². The van der Waals surface area contributed by atoms with E-state index < -0.39 is 0 Å². The lowest BCUT2D eigenvalue weighted by atomic mass is 9.72. The average molecular weight is 447 g/mol. The van der Waals surface area contributed by atoms with Gasteiger partial charge in [-0.25, -0.2) is 0 Å². The molecule has 2 unspecified atom stereocenters. The summed E-state index contributed by atoms with van der Waals surface area (Å²) in [5.41, 5.74) is 4.80. The number of para-hydroxylation sites is 1. The second-order valence-electron chi connectivity index (χ2n) is 8.39. The number of nitrogens with one attached hydrogen (secondary N) is 1. The van der Waals surface area contributed by atoms with E-state index in [4.69, 9.17) is 14.0 Å². The Morgan fingerprint density at radius 2 is 2.00 bits per heavy atom. The van der Waals surface area contributed by atoms with Crippen molar-refractivity contribution in [2.75, 3.05) is 19.0 Å². The summed E-state index contributed by atoms with van der Waals surface area (Å²) in [6.07, 6.45) is 0.908. The first-order valence-electron chi connectivity index (χ1n) is 11.1. The van der Waals surface area contributed by atoms with E-state index in [0.717, 1.165) is 28.1 Å². The fourth-order valence-electron chi connectivity index (χ4n) is 5.00. The summed E-state index contributed by atoms with van der Waals surface area (Å²) in [7, 11) is 1.61. The zero-order valence-electron chi connectivity index (χ0n) is 18.8. The fraction of sp³-hybridized carbons (Fsp3) is 0.308. The molecule has 0 saturated heterocycles. The van der Waals surface area contributed by atoms with E-state index in [1.165, 1.54) is 0 Å². The first kappa shape index (κ1) is 21.1. The molecule has 1 aliphatic carbocycles. The average Bonchev–Trinajstić information content (AvgIpc) is 3.18. The smallest absolute Gasteiger partial charge is 0.233 e. The van der Waals surface area contributed by atoms with Gasteiger partial charge in [0, 0.05) is 29.5 Å². The molecule has 0 fully saturated rings. The summed E-state index contributed by atoms with van der Waals surface area (Å²) in [4.78, 5) is 13.6. The number of carbonyl (C=O) groups excluding carboxylic acids is 1. The van der Waals surface area contributed by atoms with Crippen LogP contribution in [0.4, 0.5) is 5.88 Å². The number of aromatic nitrogens is 1. The van der Waals surface area contributed by atoms with Gasteiger partial charge in [-0.3, -0.25) is 4.79 Å². The number of nitrogens with zero attached hydrogens (tertiary/aromatic N) is 1. The highest BCUT2D eigenvalue weighted by molar-refractivity contribution is 6.01. The van der Waals surface area contributed by atoms with Gasteiger partial charge in [0.2, 0.25) is 5.88 Å². The topological polar surface area (TPSA) is 93.8 Å². The highest BCUT2D eigenvalue weighted by Gasteiger charge is 2.41. The van der Waals surface area contributed by atoms with Crippen LogP contribution in [0, 0.1) is 6.92 Å². The number of anilines is 1. The minimum atomic E-state index is -0.328. The van der Waals surface area contributed by atoms with Gasteiger partial charge in [-0.05, 0) is 49.6 Å². The maximum Gasteiger partial charge on any atom is 0.233 e. The van der Waals surface area contributed by atoms with E-state index >= 15 is 0 Å². The molecule has 2 atom stereocenters. The van der Waals surface area contributed by atoms with Gasteiger partial charge in [0.15, 0.2) is 17.3 Å². The molecule has 33 heavy (non-hydrogen) atoms. The Morgan fingerprint density at radius 3 is 2.76 bits per heavy atom.